The molecule has 0 saturated carbocycles. The molecule has 8 heteroatoms. The van der Waals surface area contributed by atoms with Gasteiger partial charge in [-0.3, -0.25) is 9.69 Å². The van der Waals surface area contributed by atoms with Crippen LogP contribution >= 0.6 is 0 Å². The molecule has 0 spiro atoms. The molecule has 1 aromatic carbocycles. The summed E-state index contributed by atoms with van der Waals surface area (Å²) in [5, 5.41) is 2.90. The third-order valence-corrected chi connectivity index (χ3v) is 4.70. The second-order valence-electron chi connectivity index (χ2n) is 6.64. The molecule has 1 aliphatic heterocycles. The highest BCUT2D eigenvalue weighted by Crippen LogP contribution is 2.23. The first-order valence-corrected chi connectivity index (χ1v) is 9.64. The Labute approximate surface area is 170 Å². The third-order valence-electron chi connectivity index (χ3n) is 4.70. The summed E-state index contributed by atoms with van der Waals surface area (Å²) in [5.74, 6) is 1.02. The molecule has 0 radical (unpaired) electrons. The zero-order chi connectivity index (χ0) is 20.6. The average molecular weight is 398 g/mol. The van der Waals surface area contributed by atoms with Crippen molar-refractivity contribution in [1.82, 2.24) is 9.88 Å². The molecule has 1 saturated heterocycles. The van der Waals surface area contributed by atoms with Crippen LogP contribution in [0.3, 0.4) is 0 Å². The molecule has 0 unspecified atom stereocenters. The number of hydrogen-bond acceptors (Lipinski definition) is 7. The topological polar surface area (TPSA) is 84.0 Å². The van der Waals surface area contributed by atoms with Crippen molar-refractivity contribution in [1.29, 1.82) is 0 Å². The minimum atomic E-state index is -0.363. The molecule has 2 heterocycles. The number of aromatic nitrogens is 1. The van der Waals surface area contributed by atoms with Crippen molar-refractivity contribution in [3.05, 3.63) is 48.2 Å². The SMILES string of the molecule is CCOC(=O)c1ccc(N2CCN(CC(=O)Nc3ccccc3OC)CC2)nc1. The van der Waals surface area contributed by atoms with E-state index in [1.165, 1.54) is 0 Å². The third kappa shape index (κ3) is 5.45. The summed E-state index contributed by atoms with van der Waals surface area (Å²) in [5.41, 5.74) is 1.12. The van der Waals surface area contributed by atoms with Crippen LogP contribution in [0.2, 0.25) is 0 Å². The number of nitrogens with zero attached hydrogens (tertiary/aromatic N) is 3. The summed E-state index contributed by atoms with van der Waals surface area (Å²) in [6, 6.07) is 10.9. The number of carbonyl (C=O) groups excluding carboxylic acids is 2. The number of ether oxygens (including phenoxy) is 2. The van der Waals surface area contributed by atoms with Crippen molar-refractivity contribution in [2.24, 2.45) is 0 Å². The van der Waals surface area contributed by atoms with Crippen molar-refractivity contribution in [3.8, 4) is 5.75 Å². The van der Waals surface area contributed by atoms with E-state index in [-0.39, 0.29) is 11.9 Å². The molecule has 0 atom stereocenters. The van der Waals surface area contributed by atoms with Crippen LogP contribution in [0, 0.1) is 0 Å². The fraction of sp³-hybridized carbons (Fsp3) is 0.381. The molecule has 1 aliphatic rings. The predicted octanol–water partition coefficient (Wildman–Crippen LogP) is 2.03. The zero-order valence-electron chi connectivity index (χ0n) is 16.8. The Bertz CT molecular complexity index is 833. The fourth-order valence-electron chi connectivity index (χ4n) is 3.18. The van der Waals surface area contributed by atoms with Crippen LogP contribution in [0.5, 0.6) is 5.75 Å². The van der Waals surface area contributed by atoms with Crippen LogP contribution in [0.1, 0.15) is 17.3 Å². The number of methoxy groups -OCH3 is 1. The number of carbonyl (C=O) groups is 2. The van der Waals surface area contributed by atoms with Gasteiger partial charge in [0.1, 0.15) is 11.6 Å². The first-order valence-electron chi connectivity index (χ1n) is 9.64. The second-order valence-corrected chi connectivity index (χ2v) is 6.64. The van der Waals surface area contributed by atoms with Gasteiger partial charge in [-0.25, -0.2) is 9.78 Å². The summed E-state index contributed by atoms with van der Waals surface area (Å²) >= 11 is 0. The number of pyridine rings is 1. The Kier molecular flexibility index (Phi) is 7.02. The molecule has 0 aliphatic carbocycles. The van der Waals surface area contributed by atoms with Gasteiger partial charge in [0.2, 0.25) is 5.91 Å². The molecule has 29 heavy (non-hydrogen) atoms. The molecule has 1 aromatic heterocycles. The Morgan fingerprint density at radius 3 is 2.52 bits per heavy atom. The van der Waals surface area contributed by atoms with Gasteiger partial charge in [0, 0.05) is 32.4 Å². The number of anilines is 2. The van der Waals surface area contributed by atoms with Crippen LogP contribution in [0.15, 0.2) is 42.6 Å². The minimum absolute atomic E-state index is 0.0696. The van der Waals surface area contributed by atoms with Gasteiger partial charge < -0.3 is 19.7 Å². The number of para-hydroxylation sites is 2. The lowest BCUT2D eigenvalue weighted by atomic mass is 10.2. The number of piperazine rings is 1. The number of rotatable bonds is 7. The Morgan fingerprint density at radius 1 is 1.10 bits per heavy atom. The molecular weight excluding hydrogens is 372 g/mol. The monoisotopic (exact) mass is 398 g/mol. The standard InChI is InChI=1S/C21H26N4O4/c1-3-29-21(27)16-8-9-19(22-14-16)25-12-10-24(11-13-25)15-20(26)23-17-6-4-5-7-18(17)28-2/h4-9,14H,3,10-13,15H2,1-2H3,(H,23,26). The van der Waals surface area contributed by atoms with E-state index >= 15 is 0 Å². The quantitative estimate of drug-likeness (QED) is 0.715. The van der Waals surface area contributed by atoms with E-state index in [1.54, 1.807) is 26.3 Å². The van der Waals surface area contributed by atoms with E-state index < -0.39 is 0 Å². The first kappa shape index (κ1) is 20.6. The van der Waals surface area contributed by atoms with Gasteiger partial charge >= 0.3 is 5.97 Å². The van der Waals surface area contributed by atoms with Crippen molar-refractivity contribution in [2.45, 2.75) is 6.92 Å². The molecule has 154 valence electrons. The lowest BCUT2D eigenvalue weighted by Crippen LogP contribution is -2.48. The fourth-order valence-corrected chi connectivity index (χ4v) is 3.18. The summed E-state index contributed by atoms with van der Waals surface area (Å²) < 4.78 is 10.2. The van der Waals surface area contributed by atoms with Crippen molar-refractivity contribution in [2.75, 3.05) is 56.7 Å². The molecule has 2 aromatic rings. The number of nitrogens with one attached hydrogen (secondary N) is 1. The highest BCUT2D eigenvalue weighted by atomic mass is 16.5. The summed E-state index contributed by atoms with van der Waals surface area (Å²) in [7, 11) is 1.58. The van der Waals surface area contributed by atoms with Gasteiger partial charge in [0.15, 0.2) is 0 Å². The Balaban J connectivity index is 1.49. The van der Waals surface area contributed by atoms with Crippen LogP contribution in [-0.2, 0) is 9.53 Å². The van der Waals surface area contributed by atoms with Gasteiger partial charge in [-0.05, 0) is 31.2 Å². The van der Waals surface area contributed by atoms with E-state index in [0.29, 0.717) is 30.2 Å². The molecule has 3 rings (SSSR count). The highest BCUT2D eigenvalue weighted by molar-refractivity contribution is 5.93. The van der Waals surface area contributed by atoms with Crippen molar-refractivity contribution >= 4 is 23.4 Å². The van der Waals surface area contributed by atoms with E-state index in [0.717, 1.165) is 32.0 Å². The summed E-state index contributed by atoms with van der Waals surface area (Å²) in [4.78, 5) is 32.7. The lowest BCUT2D eigenvalue weighted by molar-refractivity contribution is -0.117. The molecule has 1 N–H and O–H groups in total. The van der Waals surface area contributed by atoms with E-state index in [2.05, 4.69) is 20.1 Å². The van der Waals surface area contributed by atoms with Gasteiger partial charge in [-0.1, -0.05) is 12.1 Å². The maximum Gasteiger partial charge on any atom is 0.339 e. The van der Waals surface area contributed by atoms with E-state index in [1.807, 2.05) is 30.3 Å². The molecular formula is C21H26N4O4. The molecule has 1 fully saturated rings. The smallest absolute Gasteiger partial charge is 0.339 e. The normalized spacial score (nSPS) is 14.3. The average Bonchev–Trinajstić information content (AvgIpc) is 2.75. The molecule has 8 nitrogen and oxygen atoms in total. The van der Waals surface area contributed by atoms with Crippen LogP contribution in [0.4, 0.5) is 11.5 Å². The number of esters is 1. The van der Waals surface area contributed by atoms with Gasteiger partial charge in [0.25, 0.3) is 0 Å². The zero-order valence-corrected chi connectivity index (χ0v) is 16.8. The molecule has 0 bridgehead atoms. The second kappa shape index (κ2) is 9.88. The predicted molar refractivity (Wildman–Crippen MR) is 110 cm³/mol. The lowest BCUT2D eigenvalue weighted by Gasteiger charge is -2.35. The van der Waals surface area contributed by atoms with Crippen molar-refractivity contribution < 1.29 is 19.1 Å². The van der Waals surface area contributed by atoms with Crippen molar-refractivity contribution in [3.63, 3.8) is 0 Å². The molecule has 1 amide bonds. The van der Waals surface area contributed by atoms with Gasteiger partial charge in [0.05, 0.1) is 31.5 Å². The van der Waals surface area contributed by atoms with E-state index in [9.17, 15) is 9.59 Å². The number of benzene rings is 1. The number of hydrogen-bond donors (Lipinski definition) is 1. The Morgan fingerprint density at radius 2 is 1.86 bits per heavy atom. The first-order chi connectivity index (χ1) is 14.1. The van der Waals surface area contributed by atoms with Crippen LogP contribution in [-0.4, -0.2) is 68.2 Å². The largest absolute Gasteiger partial charge is 0.495 e. The Hall–Kier alpha value is -3.13. The minimum Gasteiger partial charge on any atom is -0.495 e. The number of amides is 1. The summed E-state index contributed by atoms with van der Waals surface area (Å²) in [6.45, 7) is 5.45. The van der Waals surface area contributed by atoms with Gasteiger partial charge in [-0.2, -0.15) is 0 Å². The van der Waals surface area contributed by atoms with Crippen LogP contribution in [0.25, 0.3) is 0 Å². The maximum absolute atomic E-state index is 12.4. The summed E-state index contributed by atoms with van der Waals surface area (Å²) in [6.07, 6.45) is 1.54. The van der Waals surface area contributed by atoms with Crippen LogP contribution < -0.4 is 15.0 Å². The maximum atomic E-state index is 12.4. The van der Waals surface area contributed by atoms with E-state index in [4.69, 9.17) is 9.47 Å². The highest BCUT2D eigenvalue weighted by Gasteiger charge is 2.20. The van der Waals surface area contributed by atoms with Gasteiger partial charge in [-0.15, -0.1) is 0 Å².